The van der Waals surface area contributed by atoms with Gasteiger partial charge in [-0.15, -0.1) is 0 Å². The Morgan fingerprint density at radius 1 is 1.47 bits per heavy atom. The van der Waals surface area contributed by atoms with Crippen molar-refractivity contribution in [2.24, 2.45) is 0 Å². The van der Waals surface area contributed by atoms with Gasteiger partial charge in [0.25, 0.3) is 0 Å². The van der Waals surface area contributed by atoms with E-state index in [9.17, 15) is 0 Å². The first kappa shape index (κ1) is 11.9. The maximum Gasteiger partial charge on any atom is 0.134 e. The number of halogens is 1. The Morgan fingerprint density at radius 2 is 2.29 bits per heavy atom. The fraction of sp³-hybridized carbons (Fsp3) is 0.364. The number of aromatic amines is 1. The van der Waals surface area contributed by atoms with E-state index in [1.807, 2.05) is 20.0 Å². The van der Waals surface area contributed by atoms with E-state index in [0.29, 0.717) is 5.15 Å². The van der Waals surface area contributed by atoms with Crippen molar-refractivity contribution in [3.05, 3.63) is 35.0 Å². The lowest BCUT2D eigenvalue weighted by molar-refractivity contribution is 0.858. The molecule has 2 rings (SSSR count). The molecule has 0 aliphatic heterocycles. The maximum atomic E-state index is 5.93. The molecule has 0 bridgehead atoms. The molecule has 17 heavy (non-hydrogen) atoms. The SMILES string of the molecule is CCc1nc(Cl)cc(NC(C)c2cn[nH]c2)n1. The number of aromatic nitrogens is 4. The van der Waals surface area contributed by atoms with Gasteiger partial charge in [-0.05, 0) is 6.92 Å². The molecule has 0 saturated heterocycles. The Hall–Kier alpha value is -1.62. The van der Waals surface area contributed by atoms with Gasteiger partial charge in [0.2, 0.25) is 0 Å². The van der Waals surface area contributed by atoms with Crippen LogP contribution in [0.5, 0.6) is 0 Å². The molecule has 0 fully saturated rings. The number of nitrogens with one attached hydrogen (secondary N) is 2. The summed E-state index contributed by atoms with van der Waals surface area (Å²) in [6.45, 7) is 4.03. The fourth-order valence-corrected chi connectivity index (χ4v) is 1.70. The Bertz CT molecular complexity index is 483. The second-order valence-corrected chi connectivity index (χ2v) is 4.13. The van der Waals surface area contributed by atoms with Gasteiger partial charge in [-0.3, -0.25) is 5.10 Å². The lowest BCUT2D eigenvalue weighted by Crippen LogP contribution is -2.08. The van der Waals surface area contributed by atoms with E-state index in [1.165, 1.54) is 0 Å². The summed E-state index contributed by atoms with van der Waals surface area (Å²) in [5, 5.41) is 10.4. The van der Waals surface area contributed by atoms with Crippen LogP contribution in [0.3, 0.4) is 0 Å². The number of H-pyrrole nitrogens is 1. The van der Waals surface area contributed by atoms with Crippen molar-refractivity contribution in [3.8, 4) is 0 Å². The van der Waals surface area contributed by atoms with Crippen LogP contribution in [0.15, 0.2) is 18.5 Å². The predicted molar refractivity (Wildman–Crippen MR) is 67.0 cm³/mol. The molecule has 5 nitrogen and oxygen atoms in total. The highest BCUT2D eigenvalue weighted by molar-refractivity contribution is 6.29. The van der Waals surface area contributed by atoms with Crippen molar-refractivity contribution >= 4 is 17.4 Å². The van der Waals surface area contributed by atoms with Crippen LogP contribution in [0.1, 0.15) is 31.3 Å². The zero-order valence-corrected chi connectivity index (χ0v) is 10.5. The molecule has 6 heteroatoms. The molecule has 1 unspecified atom stereocenters. The van der Waals surface area contributed by atoms with Gasteiger partial charge in [-0.2, -0.15) is 5.10 Å². The van der Waals surface area contributed by atoms with Gasteiger partial charge in [-0.25, -0.2) is 9.97 Å². The van der Waals surface area contributed by atoms with Gasteiger partial charge in [0.15, 0.2) is 0 Å². The molecule has 0 aliphatic rings. The quantitative estimate of drug-likeness (QED) is 0.820. The van der Waals surface area contributed by atoms with Gasteiger partial charge in [0, 0.05) is 24.2 Å². The van der Waals surface area contributed by atoms with Gasteiger partial charge in [-0.1, -0.05) is 18.5 Å². The zero-order chi connectivity index (χ0) is 12.3. The predicted octanol–water partition coefficient (Wildman–Crippen LogP) is 2.59. The highest BCUT2D eigenvalue weighted by Gasteiger charge is 2.08. The van der Waals surface area contributed by atoms with Crippen LogP contribution in [0.4, 0.5) is 5.82 Å². The minimum atomic E-state index is 0.115. The summed E-state index contributed by atoms with van der Waals surface area (Å²) in [5.41, 5.74) is 1.07. The van der Waals surface area contributed by atoms with Crippen molar-refractivity contribution in [1.82, 2.24) is 20.2 Å². The number of hydrogen-bond acceptors (Lipinski definition) is 4. The third kappa shape index (κ3) is 2.94. The van der Waals surface area contributed by atoms with Gasteiger partial charge in [0.1, 0.15) is 16.8 Å². The minimum Gasteiger partial charge on any atom is -0.363 e. The van der Waals surface area contributed by atoms with Crippen LogP contribution in [0.25, 0.3) is 0 Å². The molecule has 0 spiro atoms. The fourth-order valence-electron chi connectivity index (χ4n) is 1.50. The van der Waals surface area contributed by atoms with Crippen LogP contribution in [0, 0.1) is 0 Å². The monoisotopic (exact) mass is 251 g/mol. The maximum absolute atomic E-state index is 5.93. The topological polar surface area (TPSA) is 66.5 Å². The molecule has 2 N–H and O–H groups in total. The molecule has 0 aromatic carbocycles. The van der Waals surface area contributed by atoms with Crippen molar-refractivity contribution in [1.29, 1.82) is 0 Å². The second-order valence-electron chi connectivity index (χ2n) is 3.74. The van der Waals surface area contributed by atoms with Crippen LogP contribution >= 0.6 is 11.6 Å². The van der Waals surface area contributed by atoms with Crippen molar-refractivity contribution < 1.29 is 0 Å². The first-order valence-corrected chi connectivity index (χ1v) is 5.85. The zero-order valence-electron chi connectivity index (χ0n) is 9.74. The third-order valence-electron chi connectivity index (χ3n) is 2.44. The Labute approximate surface area is 105 Å². The highest BCUT2D eigenvalue weighted by Crippen LogP contribution is 2.18. The lowest BCUT2D eigenvalue weighted by atomic mass is 10.2. The summed E-state index contributed by atoms with van der Waals surface area (Å²) >= 11 is 5.93. The minimum absolute atomic E-state index is 0.115. The smallest absolute Gasteiger partial charge is 0.134 e. The average Bonchev–Trinajstić information content (AvgIpc) is 2.81. The van der Waals surface area contributed by atoms with E-state index in [4.69, 9.17) is 11.6 Å². The molecule has 2 heterocycles. The Balaban J connectivity index is 2.15. The van der Waals surface area contributed by atoms with Gasteiger partial charge >= 0.3 is 0 Å². The molecule has 0 saturated carbocycles. The number of rotatable bonds is 4. The van der Waals surface area contributed by atoms with Crippen LogP contribution in [-0.2, 0) is 6.42 Å². The van der Waals surface area contributed by atoms with Gasteiger partial charge in [0.05, 0.1) is 12.2 Å². The summed E-state index contributed by atoms with van der Waals surface area (Å²) < 4.78 is 0. The molecule has 0 radical (unpaired) electrons. The molecule has 90 valence electrons. The lowest BCUT2D eigenvalue weighted by Gasteiger charge is -2.13. The molecule has 2 aromatic heterocycles. The highest BCUT2D eigenvalue weighted by atomic mass is 35.5. The van der Waals surface area contributed by atoms with E-state index in [-0.39, 0.29) is 6.04 Å². The first-order chi connectivity index (χ1) is 8.19. The van der Waals surface area contributed by atoms with Crippen LogP contribution in [-0.4, -0.2) is 20.2 Å². The number of anilines is 1. The van der Waals surface area contributed by atoms with E-state index in [1.54, 1.807) is 12.3 Å². The molecule has 0 amide bonds. The van der Waals surface area contributed by atoms with Crippen LogP contribution in [0.2, 0.25) is 5.15 Å². The Morgan fingerprint density at radius 3 is 2.94 bits per heavy atom. The average molecular weight is 252 g/mol. The molecular formula is C11H14ClN5. The number of nitrogens with zero attached hydrogens (tertiary/aromatic N) is 3. The van der Waals surface area contributed by atoms with Gasteiger partial charge < -0.3 is 5.32 Å². The number of hydrogen-bond donors (Lipinski definition) is 2. The van der Waals surface area contributed by atoms with E-state index in [0.717, 1.165) is 23.6 Å². The molecule has 0 aliphatic carbocycles. The third-order valence-corrected chi connectivity index (χ3v) is 2.63. The summed E-state index contributed by atoms with van der Waals surface area (Å²) in [7, 11) is 0. The first-order valence-electron chi connectivity index (χ1n) is 5.47. The summed E-state index contributed by atoms with van der Waals surface area (Å²) in [6.07, 6.45) is 4.39. The summed E-state index contributed by atoms with van der Waals surface area (Å²) in [6, 6.07) is 1.83. The largest absolute Gasteiger partial charge is 0.363 e. The number of aryl methyl sites for hydroxylation is 1. The van der Waals surface area contributed by atoms with E-state index < -0.39 is 0 Å². The van der Waals surface area contributed by atoms with Crippen LogP contribution < -0.4 is 5.32 Å². The van der Waals surface area contributed by atoms with Crippen molar-refractivity contribution in [3.63, 3.8) is 0 Å². The molecule has 2 aromatic rings. The van der Waals surface area contributed by atoms with E-state index >= 15 is 0 Å². The standard InChI is InChI=1S/C11H14ClN5/c1-3-10-16-9(12)4-11(17-10)15-7(2)8-5-13-14-6-8/h4-7H,3H2,1-2H3,(H,13,14)(H,15,16,17). The summed E-state index contributed by atoms with van der Waals surface area (Å²) in [4.78, 5) is 8.48. The normalized spacial score (nSPS) is 12.4. The Kier molecular flexibility index (Phi) is 3.58. The van der Waals surface area contributed by atoms with E-state index in [2.05, 4.69) is 25.5 Å². The molecule has 1 atom stereocenters. The van der Waals surface area contributed by atoms with Crippen molar-refractivity contribution in [2.75, 3.05) is 5.32 Å². The molecular weight excluding hydrogens is 238 g/mol. The summed E-state index contributed by atoms with van der Waals surface area (Å²) in [5.74, 6) is 1.47. The second kappa shape index (κ2) is 5.14. The van der Waals surface area contributed by atoms with Crippen molar-refractivity contribution in [2.45, 2.75) is 26.3 Å².